The predicted molar refractivity (Wildman–Crippen MR) is 114 cm³/mol. The van der Waals surface area contributed by atoms with Crippen LogP contribution in [0.5, 0.6) is 0 Å². The second-order valence-corrected chi connectivity index (χ2v) is 6.83. The summed E-state index contributed by atoms with van der Waals surface area (Å²) in [6, 6.07) is 14.5. The maximum Gasteiger partial charge on any atom is 0.340 e. The smallest absolute Gasteiger partial charge is 0.340 e. The van der Waals surface area contributed by atoms with E-state index < -0.39 is 24.5 Å². The third kappa shape index (κ3) is 4.78. The zero-order valence-corrected chi connectivity index (χ0v) is 17.0. The van der Waals surface area contributed by atoms with Gasteiger partial charge < -0.3 is 24.3 Å². The number of nitrogens with one attached hydrogen (secondary N) is 1. The first-order valence-electron chi connectivity index (χ1n) is 9.28. The van der Waals surface area contributed by atoms with E-state index in [1.165, 1.54) is 7.11 Å². The number of methoxy groups -OCH3 is 1. The lowest BCUT2D eigenvalue weighted by Gasteiger charge is -2.13. The summed E-state index contributed by atoms with van der Waals surface area (Å²) in [5.41, 5.74) is 2.67. The molecule has 0 unspecified atom stereocenters. The number of amides is 1. The first kappa shape index (κ1) is 20.9. The Kier molecular flexibility index (Phi) is 6.36. The third-order valence-corrected chi connectivity index (χ3v) is 4.53. The SMILES string of the molecule is COC(=O)c1cn(CC(=O)OCC(=O)Nc2ccc(N(C)C)cc2)c2ccccc12. The van der Waals surface area contributed by atoms with Gasteiger partial charge in [-0.25, -0.2) is 4.79 Å². The Hall–Kier alpha value is -3.81. The van der Waals surface area contributed by atoms with E-state index in [9.17, 15) is 14.4 Å². The van der Waals surface area contributed by atoms with E-state index in [1.807, 2.05) is 31.1 Å². The van der Waals surface area contributed by atoms with E-state index in [2.05, 4.69) is 5.32 Å². The predicted octanol–water partition coefficient (Wildman–Crippen LogP) is 2.68. The molecule has 0 aliphatic carbocycles. The maximum absolute atomic E-state index is 12.2. The van der Waals surface area contributed by atoms with Crippen LogP contribution in [0.25, 0.3) is 10.9 Å². The summed E-state index contributed by atoms with van der Waals surface area (Å²) >= 11 is 0. The number of benzene rings is 2. The minimum absolute atomic E-state index is 0.137. The molecule has 1 amide bonds. The number of carbonyl (C=O) groups excluding carboxylic acids is 3. The van der Waals surface area contributed by atoms with Crippen molar-refractivity contribution in [3.63, 3.8) is 0 Å². The molecule has 30 heavy (non-hydrogen) atoms. The lowest BCUT2D eigenvalue weighted by atomic mass is 10.2. The van der Waals surface area contributed by atoms with Crippen LogP contribution in [0.2, 0.25) is 0 Å². The molecule has 156 valence electrons. The number of carbonyl (C=O) groups is 3. The Morgan fingerprint density at radius 2 is 1.73 bits per heavy atom. The minimum atomic E-state index is -0.592. The van der Waals surface area contributed by atoms with E-state index >= 15 is 0 Å². The van der Waals surface area contributed by atoms with Crippen LogP contribution in [0, 0.1) is 0 Å². The van der Waals surface area contributed by atoms with Gasteiger partial charge in [-0.2, -0.15) is 0 Å². The van der Waals surface area contributed by atoms with Crippen LogP contribution in [0.1, 0.15) is 10.4 Å². The van der Waals surface area contributed by atoms with Crippen molar-refractivity contribution in [2.24, 2.45) is 0 Å². The molecule has 1 heterocycles. The summed E-state index contributed by atoms with van der Waals surface area (Å²) in [6.45, 7) is -0.542. The highest BCUT2D eigenvalue weighted by Crippen LogP contribution is 2.22. The number of nitrogens with zero attached hydrogens (tertiary/aromatic N) is 2. The average molecular weight is 409 g/mol. The van der Waals surface area contributed by atoms with Gasteiger partial charge in [0.05, 0.1) is 12.7 Å². The first-order valence-corrected chi connectivity index (χ1v) is 9.28. The first-order chi connectivity index (χ1) is 14.4. The van der Waals surface area contributed by atoms with Gasteiger partial charge in [0.25, 0.3) is 5.91 Å². The standard InChI is InChI=1S/C22H23N3O5/c1-24(2)16-10-8-15(9-11-16)23-20(26)14-30-21(27)13-25-12-18(22(28)29-3)17-6-4-5-7-19(17)25/h4-12H,13-14H2,1-3H3,(H,23,26). The average Bonchev–Trinajstić information content (AvgIpc) is 3.10. The molecule has 1 aromatic heterocycles. The molecule has 0 bridgehead atoms. The summed E-state index contributed by atoms with van der Waals surface area (Å²) in [7, 11) is 5.15. The zero-order chi connectivity index (χ0) is 21.7. The van der Waals surface area contributed by atoms with Crippen molar-refractivity contribution in [2.45, 2.75) is 6.54 Å². The van der Waals surface area contributed by atoms with Crippen LogP contribution < -0.4 is 10.2 Å². The van der Waals surface area contributed by atoms with Gasteiger partial charge in [0.15, 0.2) is 6.61 Å². The molecule has 0 spiro atoms. The Balaban J connectivity index is 1.59. The second kappa shape index (κ2) is 9.13. The molecule has 0 aliphatic heterocycles. The van der Waals surface area contributed by atoms with Crippen LogP contribution in [-0.2, 0) is 25.6 Å². The quantitative estimate of drug-likeness (QED) is 0.604. The number of aromatic nitrogens is 1. The van der Waals surface area contributed by atoms with Crippen LogP contribution >= 0.6 is 0 Å². The lowest BCUT2D eigenvalue weighted by Crippen LogP contribution is -2.22. The summed E-state index contributed by atoms with van der Waals surface area (Å²) in [5.74, 6) is -1.52. The van der Waals surface area contributed by atoms with Gasteiger partial charge in [0, 0.05) is 42.6 Å². The molecular formula is C22H23N3O5. The van der Waals surface area contributed by atoms with Gasteiger partial charge in [-0.1, -0.05) is 18.2 Å². The van der Waals surface area contributed by atoms with Gasteiger partial charge in [-0.15, -0.1) is 0 Å². The van der Waals surface area contributed by atoms with Crippen molar-refractivity contribution in [1.29, 1.82) is 0 Å². The Morgan fingerprint density at radius 3 is 2.40 bits per heavy atom. The van der Waals surface area contributed by atoms with Crippen molar-refractivity contribution >= 4 is 40.1 Å². The van der Waals surface area contributed by atoms with Crippen molar-refractivity contribution in [2.75, 3.05) is 38.0 Å². The van der Waals surface area contributed by atoms with Gasteiger partial charge in [0.2, 0.25) is 0 Å². The molecule has 0 radical (unpaired) electrons. The molecule has 2 aromatic carbocycles. The molecule has 0 saturated heterocycles. The summed E-state index contributed by atoms with van der Waals surface area (Å²) in [5, 5.41) is 3.36. The molecule has 0 atom stereocenters. The fraction of sp³-hybridized carbons (Fsp3) is 0.227. The minimum Gasteiger partial charge on any atom is -0.465 e. The number of para-hydroxylation sites is 1. The highest BCUT2D eigenvalue weighted by molar-refractivity contribution is 6.04. The van der Waals surface area contributed by atoms with Crippen molar-refractivity contribution in [3.8, 4) is 0 Å². The van der Waals surface area contributed by atoms with E-state index in [-0.39, 0.29) is 6.54 Å². The highest BCUT2D eigenvalue weighted by atomic mass is 16.5. The number of anilines is 2. The molecule has 0 saturated carbocycles. The van der Waals surface area contributed by atoms with Gasteiger partial charge >= 0.3 is 11.9 Å². The number of hydrogen-bond acceptors (Lipinski definition) is 6. The second-order valence-electron chi connectivity index (χ2n) is 6.83. The number of hydrogen-bond donors (Lipinski definition) is 1. The van der Waals surface area contributed by atoms with E-state index in [0.717, 1.165) is 5.69 Å². The molecular weight excluding hydrogens is 386 g/mol. The number of ether oxygens (including phenoxy) is 2. The van der Waals surface area contributed by atoms with Gasteiger partial charge in [0.1, 0.15) is 6.54 Å². The van der Waals surface area contributed by atoms with E-state index in [1.54, 1.807) is 47.2 Å². The summed E-state index contributed by atoms with van der Waals surface area (Å²) in [6.07, 6.45) is 1.55. The molecule has 1 N–H and O–H groups in total. The largest absolute Gasteiger partial charge is 0.465 e. The van der Waals surface area contributed by atoms with Crippen molar-refractivity contribution in [1.82, 2.24) is 4.57 Å². The number of fused-ring (bicyclic) bond motifs is 1. The number of esters is 2. The molecule has 8 nitrogen and oxygen atoms in total. The van der Waals surface area contributed by atoms with Crippen molar-refractivity contribution in [3.05, 3.63) is 60.3 Å². The molecule has 3 rings (SSSR count). The highest BCUT2D eigenvalue weighted by Gasteiger charge is 2.17. The van der Waals surface area contributed by atoms with E-state index in [4.69, 9.17) is 9.47 Å². The molecule has 0 aliphatic rings. The fourth-order valence-electron chi connectivity index (χ4n) is 3.02. The molecule has 3 aromatic rings. The van der Waals surface area contributed by atoms with Crippen LogP contribution in [0.4, 0.5) is 11.4 Å². The topological polar surface area (TPSA) is 89.9 Å². The Bertz CT molecular complexity index is 1070. The number of rotatable bonds is 7. The monoisotopic (exact) mass is 409 g/mol. The van der Waals surface area contributed by atoms with Crippen molar-refractivity contribution < 1.29 is 23.9 Å². The van der Waals surface area contributed by atoms with Gasteiger partial charge in [-0.3, -0.25) is 9.59 Å². The van der Waals surface area contributed by atoms with Crippen LogP contribution in [0.3, 0.4) is 0 Å². The molecule has 8 heteroatoms. The summed E-state index contributed by atoms with van der Waals surface area (Å²) in [4.78, 5) is 38.2. The fourth-order valence-corrected chi connectivity index (χ4v) is 3.02. The lowest BCUT2D eigenvalue weighted by molar-refractivity contribution is -0.147. The van der Waals surface area contributed by atoms with Gasteiger partial charge in [-0.05, 0) is 30.3 Å². The maximum atomic E-state index is 12.2. The van der Waals surface area contributed by atoms with Crippen LogP contribution in [-0.4, -0.2) is 50.2 Å². The Labute approximate surface area is 174 Å². The zero-order valence-electron chi connectivity index (χ0n) is 17.0. The summed E-state index contributed by atoms with van der Waals surface area (Å²) < 4.78 is 11.5. The Morgan fingerprint density at radius 1 is 1.03 bits per heavy atom. The molecule has 0 fully saturated rings. The third-order valence-electron chi connectivity index (χ3n) is 4.53. The van der Waals surface area contributed by atoms with E-state index in [0.29, 0.717) is 22.2 Å². The van der Waals surface area contributed by atoms with Crippen LogP contribution in [0.15, 0.2) is 54.7 Å². The normalized spacial score (nSPS) is 10.5.